The van der Waals surface area contributed by atoms with Gasteiger partial charge in [0.1, 0.15) is 17.1 Å². The van der Waals surface area contributed by atoms with Crippen molar-refractivity contribution >= 4 is 16.4 Å². The molecule has 0 bridgehead atoms. The smallest absolute Gasteiger partial charge is 0.137 e. The average Bonchev–Trinajstić information content (AvgIpc) is 3.54. The molecule has 0 amide bonds. The maximum atomic E-state index is 6.53. The second-order valence-electron chi connectivity index (χ2n) is 11.3. The topological polar surface area (TPSA) is 26.5 Å². The molecule has 8 aromatic rings. The van der Waals surface area contributed by atoms with Crippen LogP contribution < -0.4 is 4.74 Å². The van der Waals surface area contributed by atoms with Crippen LogP contribution in [-0.2, 0) is 0 Å². The minimum absolute atomic E-state index is 0.899. The minimum Gasteiger partial charge on any atom is -0.456 e. The molecule has 0 spiro atoms. The van der Waals surface area contributed by atoms with E-state index < -0.39 is 0 Å². The van der Waals surface area contributed by atoms with E-state index in [0.29, 0.717) is 0 Å². The van der Waals surface area contributed by atoms with E-state index in [1.807, 2.05) is 30.5 Å². The van der Waals surface area contributed by atoms with Crippen molar-refractivity contribution in [2.45, 2.75) is 0 Å². The fourth-order valence-corrected chi connectivity index (χ4v) is 6.44. The first-order chi connectivity index (χ1) is 21.8. The van der Waals surface area contributed by atoms with Gasteiger partial charge in [-0.05, 0) is 74.7 Å². The lowest BCUT2D eigenvalue weighted by atomic mass is 9.89. The number of aromatic nitrogens is 2. The van der Waals surface area contributed by atoms with Crippen molar-refractivity contribution in [3.8, 4) is 67.3 Å². The third-order valence-corrected chi connectivity index (χ3v) is 8.68. The van der Waals surface area contributed by atoms with Gasteiger partial charge < -0.3 is 9.14 Å². The van der Waals surface area contributed by atoms with E-state index >= 15 is 0 Å². The summed E-state index contributed by atoms with van der Waals surface area (Å²) in [5, 5.41) is 2.36. The van der Waals surface area contributed by atoms with Crippen molar-refractivity contribution in [2.75, 3.05) is 0 Å². The molecule has 0 saturated heterocycles. The van der Waals surface area contributed by atoms with Crippen molar-refractivity contribution in [3.05, 3.63) is 158 Å². The monoisotopic (exact) mass is 562 g/mol. The number of hydrogen-bond acceptors (Lipinski definition) is 2. The Morgan fingerprint density at radius 3 is 1.93 bits per heavy atom. The first-order valence-electron chi connectivity index (χ1n) is 14.9. The van der Waals surface area contributed by atoms with E-state index in [1.165, 1.54) is 38.8 Å². The summed E-state index contributed by atoms with van der Waals surface area (Å²) in [6, 6.07) is 51.4. The molecule has 3 heteroatoms. The Hall–Kier alpha value is -5.93. The van der Waals surface area contributed by atoms with Gasteiger partial charge >= 0.3 is 0 Å². The maximum Gasteiger partial charge on any atom is 0.137 e. The number of imidazole rings is 1. The molecule has 0 aliphatic carbocycles. The molecular weight excluding hydrogens is 536 g/mol. The fourth-order valence-electron chi connectivity index (χ4n) is 6.44. The summed E-state index contributed by atoms with van der Waals surface area (Å²) in [6.07, 6.45) is 4.10. The Labute approximate surface area is 255 Å². The van der Waals surface area contributed by atoms with Gasteiger partial charge in [-0.15, -0.1) is 0 Å². The van der Waals surface area contributed by atoms with E-state index in [-0.39, 0.29) is 0 Å². The quantitative estimate of drug-likeness (QED) is 0.213. The summed E-state index contributed by atoms with van der Waals surface area (Å²) in [7, 11) is 0. The Kier molecular flexibility index (Phi) is 5.50. The molecule has 2 aromatic heterocycles. The molecule has 1 aliphatic heterocycles. The number of pyridine rings is 1. The number of ether oxygens (including phenoxy) is 1. The van der Waals surface area contributed by atoms with Crippen LogP contribution in [0, 0.1) is 0 Å². The van der Waals surface area contributed by atoms with Crippen molar-refractivity contribution in [1.29, 1.82) is 0 Å². The first kappa shape index (κ1) is 24.6. The molecule has 0 atom stereocenters. The van der Waals surface area contributed by atoms with Crippen LogP contribution in [0.2, 0.25) is 0 Å². The lowest BCUT2D eigenvalue weighted by molar-refractivity contribution is 0.487. The summed E-state index contributed by atoms with van der Waals surface area (Å²) in [5.41, 5.74) is 12.5. The molecule has 1 aliphatic rings. The third-order valence-electron chi connectivity index (χ3n) is 8.68. The second-order valence-corrected chi connectivity index (χ2v) is 11.3. The molecule has 44 heavy (non-hydrogen) atoms. The molecule has 0 saturated carbocycles. The zero-order valence-corrected chi connectivity index (χ0v) is 23.8. The molecule has 3 heterocycles. The summed E-state index contributed by atoms with van der Waals surface area (Å²) in [6.45, 7) is 0. The second kappa shape index (κ2) is 9.82. The Balaban J connectivity index is 1.04. The van der Waals surface area contributed by atoms with Crippen LogP contribution in [0.25, 0.3) is 72.2 Å². The van der Waals surface area contributed by atoms with Gasteiger partial charge in [-0.1, -0.05) is 115 Å². The number of rotatable bonds is 4. The highest BCUT2D eigenvalue weighted by atomic mass is 16.5. The SMILES string of the molecule is c1ccc(-c2ccc3c(c2)Oc2ccc(-c4ccc(-c5ccc(-c6cn7ccccc7n6)cc5)cc4)c4cccc-3c24)cc1. The van der Waals surface area contributed by atoms with Gasteiger partial charge in [-0.2, -0.15) is 0 Å². The lowest BCUT2D eigenvalue weighted by Gasteiger charge is -2.23. The summed E-state index contributed by atoms with van der Waals surface area (Å²) in [5.74, 6) is 1.80. The maximum absolute atomic E-state index is 6.53. The molecule has 9 rings (SSSR count). The summed E-state index contributed by atoms with van der Waals surface area (Å²) in [4.78, 5) is 4.76. The van der Waals surface area contributed by atoms with Crippen molar-refractivity contribution in [2.24, 2.45) is 0 Å². The summed E-state index contributed by atoms with van der Waals surface area (Å²) >= 11 is 0. The zero-order chi connectivity index (χ0) is 29.0. The molecule has 0 fully saturated rings. The highest BCUT2D eigenvalue weighted by molar-refractivity contribution is 6.10. The van der Waals surface area contributed by atoms with E-state index in [1.54, 1.807) is 0 Å². The van der Waals surface area contributed by atoms with Crippen LogP contribution in [0.1, 0.15) is 0 Å². The lowest BCUT2D eigenvalue weighted by Crippen LogP contribution is -1.98. The van der Waals surface area contributed by atoms with Crippen molar-refractivity contribution in [1.82, 2.24) is 9.38 Å². The van der Waals surface area contributed by atoms with E-state index in [0.717, 1.165) is 44.9 Å². The fraction of sp³-hybridized carbons (Fsp3) is 0. The largest absolute Gasteiger partial charge is 0.456 e. The van der Waals surface area contributed by atoms with Crippen LogP contribution in [0.4, 0.5) is 0 Å². The normalized spacial score (nSPS) is 11.8. The number of nitrogens with zero attached hydrogens (tertiary/aromatic N) is 2. The van der Waals surface area contributed by atoms with Crippen LogP contribution in [0.15, 0.2) is 158 Å². The molecule has 206 valence electrons. The molecule has 0 unspecified atom stereocenters. The number of fused-ring (bicyclic) bond motifs is 3. The van der Waals surface area contributed by atoms with Crippen LogP contribution in [0.5, 0.6) is 11.5 Å². The van der Waals surface area contributed by atoms with Gasteiger partial charge in [0, 0.05) is 28.9 Å². The average molecular weight is 563 g/mol. The molecule has 6 aromatic carbocycles. The van der Waals surface area contributed by atoms with Crippen LogP contribution >= 0.6 is 0 Å². The predicted molar refractivity (Wildman–Crippen MR) is 180 cm³/mol. The van der Waals surface area contributed by atoms with Gasteiger partial charge in [-0.3, -0.25) is 0 Å². The zero-order valence-electron chi connectivity index (χ0n) is 23.8. The van der Waals surface area contributed by atoms with Gasteiger partial charge in [0.25, 0.3) is 0 Å². The minimum atomic E-state index is 0.899. The molecular formula is C41H26N2O. The van der Waals surface area contributed by atoms with Crippen LogP contribution in [-0.4, -0.2) is 9.38 Å². The molecule has 0 radical (unpaired) electrons. The van der Waals surface area contributed by atoms with E-state index in [9.17, 15) is 0 Å². The first-order valence-corrected chi connectivity index (χ1v) is 14.9. The van der Waals surface area contributed by atoms with Gasteiger partial charge in [0.2, 0.25) is 0 Å². The van der Waals surface area contributed by atoms with Gasteiger partial charge in [0.15, 0.2) is 0 Å². The van der Waals surface area contributed by atoms with Crippen molar-refractivity contribution < 1.29 is 4.74 Å². The van der Waals surface area contributed by atoms with Crippen LogP contribution in [0.3, 0.4) is 0 Å². The number of hydrogen-bond donors (Lipinski definition) is 0. The highest BCUT2D eigenvalue weighted by Crippen LogP contribution is 2.49. The van der Waals surface area contributed by atoms with Crippen molar-refractivity contribution in [3.63, 3.8) is 0 Å². The van der Waals surface area contributed by atoms with Gasteiger partial charge in [0.05, 0.1) is 5.69 Å². The predicted octanol–water partition coefficient (Wildman–Crippen LogP) is 10.9. The highest BCUT2D eigenvalue weighted by Gasteiger charge is 2.22. The Bertz CT molecular complexity index is 2300. The summed E-state index contributed by atoms with van der Waals surface area (Å²) < 4.78 is 8.58. The number of benzene rings is 6. The van der Waals surface area contributed by atoms with E-state index in [4.69, 9.17) is 9.72 Å². The molecule has 0 N–H and O–H groups in total. The standard InChI is InChI=1S/C41H26N2O/c1-2-7-27(8-3-1)32-20-21-34-36-10-6-9-35-33(22-23-38(41(35)36)44-39(34)25-32)30-16-12-28(13-17-30)29-14-18-31(19-15-29)37-26-43-24-5-4-11-40(43)42-37/h1-26H. The Morgan fingerprint density at radius 1 is 0.455 bits per heavy atom. The van der Waals surface area contributed by atoms with E-state index in [2.05, 4.69) is 132 Å². The van der Waals surface area contributed by atoms with Gasteiger partial charge in [-0.25, -0.2) is 4.98 Å². The molecule has 3 nitrogen and oxygen atoms in total. The third kappa shape index (κ3) is 4.02. The Morgan fingerprint density at radius 2 is 1.14 bits per heavy atom.